The van der Waals surface area contributed by atoms with E-state index in [2.05, 4.69) is 15.6 Å². The van der Waals surface area contributed by atoms with Gasteiger partial charge in [-0.3, -0.25) is 19.3 Å². The molecule has 1 aromatic carbocycles. The normalized spacial score (nSPS) is 22.1. The van der Waals surface area contributed by atoms with Crippen LogP contribution in [0.3, 0.4) is 0 Å². The minimum atomic E-state index is -0.903. The number of carbonyl (C=O) groups excluding carboxylic acids is 3. The molecule has 1 aromatic heterocycles. The van der Waals surface area contributed by atoms with E-state index >= 15 is 0 Å². The van der Waals surface area contributed by atoms with Gasteiger partial charge in [0.2, 0.25) is 17.7 Å². The lowest BCUT2D eigenvalue weighted by molar-refractivity contribution is -0.146. The molecule has 2 saturated heterocycles. The van der Waals surface area contributed by atoms with Crippen molar-refractivity contribution in [2.75, 3.05) is 46.6 Å². The maximum Gasteiger partial charge on any atom is 0.246 e. The first-order valence-corrected chi connectivity index (χ1v) is 15.2. The zero-order valence-corrected chi connectivity index (χ0v) is 25.9. The Morgan fingerprint density at radius 1 is 1.19 bits per heavy atom. The summed E-state index contributed by atoms with van der Waals surface area (Å²) in [4.78, 5) is 49.5. The van der Waals surface area contributed by atoms with Crippen LogP contribution in [0.25, 0.3) is 10.4 Å². The van der Waals surface area contributed by atoms with Crippen molar-refractivity contribution in [3.05, 3.63) is 41.0 Å². The summed E-state index contributed by atoms with van der Waals surface area (Å²) in [5.41, 5.74) is 4.13. The van der Waals surface area contributed by atoms with Gasteiger partial charge in [-0.2, -0.15) is 0 Å². The second kappa shape index (κ2) is 14.0. The first kappa shape index (κ1) is 32.0. The van der Waals surface area contributed by atoms with E-state index in [0.717, 1.165) is 21.7 Å². The molecule has 4 unspecified atom stereocenters. The topological polar surface area (TPSA) is 133 Å². The van der Waals surface area contributed by atoms with E-state index in [1.54, 1.807) is 18.4 Å². The zero-order valence-electron chi connectivity index (χ0n) is 25.1. The third kappa shape index (κ3) is 7.73. The van der Waals surface area contributed by atoms with E-state index in [0.29, 0.717) is 26.3 Å². The fraction of sp³-hybridized carbons (Fsp3) is 0.600. The molecule has 4 atom stereocenters. The summed E-state index contributed by atoms with van der Waals surface area (Å²) in [5, 5.41) is 16.4. The lowest BCUT2D eigenvalue weighted by Crippen LogP contribution is -2.62. The van der Waals surface area contributed by atoms with E-state index in [4.69, 9.17) is 9.47 Å². The molecular formula is C30H43N5O6S. The fourth-order valence-corrected chi connectivity index (χ4v) is 6.19. The number of aryl methyl sites for hydroxylation is 1. The number of hydrogen-bond donors (Lipinski definition) is 3. The molecular weight excluding hydrogens is 558 g/mol. The Hall–Kier alpha value is -2.90. The average molecular weight is 602 g/mol. The first-order chi connectivity index (χ1) is 20.0. The fourth-order valence-electron chi connectivity index (χ4n) is 5.37. The van der Waals surface area contributed by atoms with E-state index in [9.17, 15) is 19.5 Å². The third-order valence-electron chi connectivity index (χ3n) is 7.82. The molecule has 42 heavy (non-hydrogen) atoms. The molecule has 3 N–H and O–H groups in total. The molecule has 3 amide bonds. The largest absolute Gasteiger partial charge is 0.391 e. The summed E-state index contributed by atoms with van der Waals surface area (Å²) < 4.78 is 10.8. The molecule has 0 bridgehead atoms. The highest BCUT2D eigenvalue weighted by atomic mass is 32.1. The third-order valence-corrected chi connectivity index (χ3v) is 8.79. The number of methoxy groups -OCH3 is 1. The Bertz CT molecular complexity index is 1230. The highest BCUT2D eigenvalue weighted by Crippen LogP contribution is 2.28. The Kier molecular flexibility index (Phi) is 10.7. The van der Waals surface area contributed by atoms with Gasteiger partial charge in [0, 0.05) is 39.7 Å². The molecule has 0 aliphatic carbocycles. The number of hydrogen-bond acceptors (Lipinski definition) is 9. The van der Waals surface area contributed by atoms with Crippen molar-refractivity contribution < 1.29 is 29.0 Å². The van der Waals surface area contributed by atoms with Crippen molar-refractivity contribution >= 4 is 29.1 Å². The lowest BCUT2D eigenvalue weighted by Gasteiger charge is -2.38. The number of rotatable bonds is 10. The van der Waals surface area contributed by atoms with E-state index in [1.165, 1.54) is 4.90 Å². The molecule has 2 fully saturated rings. The molecule has 2 aliphatic rings. The Morgan fingerprint density at radius 3 is 2.57 bits per heavy atom. The second-order valence-electron chi connectivity index (χ2n) is 12.0. The molecule has 0 spiro atoms. The van der Waals surface area contributed by atoms with Gasteiger partial charge in [0.25, 0.3) is 0 Å². The van der Waals surface area contributed by atoms with Gasteiger partial charge in [0.05, 0.1) is 42.0 Å². The van der Waals surface area contributed by atoms with Crippen LogP contribution in [0.5, 0.6) is 0 Å². The molecule has 230 valence electrons. The molecule has 0 radical (unpaired) electrons. The molecule has 0 saturated carbocycles. The van der Waals surface area contributed by atoms with Crippen molar-refractivity contribution in [2.24, 2.45) is 5.41 Å². The number of thiazole rings is 1. The van der Waals surface area contributed by atoms with Crippen molar-refractivity contribution in [1.82, 2.24) is 25.4 Å². The minimum absolute atomic E-state index is 0.0226. The van der Waals surface area contributed by atoms with Crippen LogP contribution in [0.4, 0.5) is 0 Å². The molecule has 3 heterocycles. The highest BCUT2D eigenvalue weighted by molar-refractivity contribution is 7.13. The Morgan fingerprint density at radius 2 is 1.93 bits per heavy atom. The number of benzene rings is 1. The number of amides is 3. The molecule has 4 rings (SSSR count). The SMILES string of the molecule is COCCN1CCOCC1C(=O)NC(C(=O)N1CC(O)CC1C(=O)NCc1ccc(-c2scnc2C)cc1)C(C)(C)C. The number of nitrogens with zero attached hydrogens (tertiary/aromatic N) is 3. The number of aromatic nitrogens is 1. The number of β-amino-alcohol motifs (C(OH)–C–C–N with tert-alkyl or cyclic N) is 1. The van der Waals surface area contributed by atoms with Gasteiger partial charge in [-0.15, -0.1) is 11.3 Å². The van der Waals surface area contributed by atoms with Crippen LogP contribution in [0, 0.1) is 12.3 Å². The van der Waals surface area contributed by atoms with Gasteiger partial charge < -0.3 is 30.1 Å². The number of likely N-dealkylation sites (tertiary alicyclic amines) is 1. The predicted octanol–water partition coefficient (Wildman–Crippen LogP) is 1.57. The maximum absolute atomic E-state index is 13.9. The number of aliphatic hydroxyl groups is 1. The summed E-state index contributed by atoms with van der Waals surface area (Å²) >= 11 is 1.58. The van der Waals surface area contributed by atoms with Gasteiger partial charge in [-0.25, -0.2) is 4.98 Å². The van der Waals surface area contributed by atoms with Gasteiger partial charge in [0.1, 0.15) is 18.1 Å². The molecule has 2 aromatic rings. The van der Waals surface area contributed by atoms with E-state index < -0.39 is 35.6 Å². The summed E-state index contributed by atoms with van der Waals surface area (Å²) in [5.74, 6) is -1.04. The smallest absolute Gasteiger partial charge is 0.246 e. The zero-order chi connectivity index (χ0) is 30.4. The highest BCUT2D eigenvalue weighted by Gasteiger charge is 2.45. The summed E-state index contributed by atoms with van der Waals surface area (Å²) in [6, 6.07) is 5.61. The Balaban J connectivity index is 1.42. The van der Waals surface area contributed by atoms with E-state index in [-0.39, 0.29) is 37.9 Å². The first-order valence-electron chi connectivity index (χ1n) is 14.4. The number of aliphatic hydroxyl groups excluding tert-OH is 1. The van der Waals surface area contributed by atoms with Crippen LogP contribution in [-0.2, 0) is 30.4 Å². The molecule has 12 heteroatoms. The minimum Gasteiger partial charge on any atom is -0.391 e. The van der Waals surface area contributed by atoms with Crippen LogP contribution in [0.1, 0.15) is 38.4 Å². The van der Waals surface area contributed by atoms with E-state index in [1.807, 2.05) is 62.4 Å². The second-order valence-corrected chi connectivity index (χ2v) is 12.9. The van der Waals surface area contributed by atoms with Crippen molar-refractivity contribution in [2.45, 2.75) is 64.9 Å². The average Bonchev–Trinajstić information content (AvgIpc) is 3.58. The van der Waals surface area contributed by atoms with Crippen LogP contribution in [0.2, 0.25) is 0 Å². The standard InChI is InChI=1S/C30H43N5O6S/c1-19-25(42-18-32-19)21-8-6-20(7-9-21)15-31-27(37)23-14-22(36)16-35(23)29(39)26(30(2,3)4)33-28(38)24-17-41-13-11-34(24)10-12-40-5/h6-9,18,22-24,26,36H,10-17H2,1-5H3,(H,31,37)(H,33,38). The monoisotopic (exact) mass is 601 g/mol. The van der Waals surface area contributed by atoms with Crippen LogP contribution in [0.15, 0.2) is 29.8 Å². The van der Waals surface area contributed by atoms with Crippen molar-refractivity contribution in [3.63, 3.8) is 0 Å². The quantitative estimate of drug-likeness (QED) is 0.374. The number of nitrogens with one attached hydrogen (secondary N) is 2. The van der Waals surface area contributed by atoms with Crippen molar-refractivity contribution in [3.8, 4) is 10.4 Å². The lowest BCUT2D eigenvalue weighted by atomic mass is 9.85. The number of morpholine rings is 1. The number of ether oxygens (including phenoxy) is 2. The summed E-state index contributed by atoms with van der Waals surface area (Å²) in [6.07, 6.45) is -0.702. The summed E-state index contributed by atoms with van der Waals surface area (Å²) in [7, 11) is 1.61. The molecule has 11 nitrogen and oxygen atoms in total. The number of carbonyl (C=O) groups is 3. The van der Waals surface area contributed by atoms with Crippen molar-refractivity contribution in [1.29, 1.82) is 0 Å². The van der Waals surface area contributed by atoms with Gasteiger partial charge in [-0.05, 0) is 23.5 Å². The predicted molar refractivity (Wildman–Crippen MR) is 160 cm³/mol. The van der Waals surface area contributed by atoms with Crippen LogP contribution in [-0.4, -0.2) is 108 Å². The van der Waals surface area contributed by atoms with Crippen LogP contribution < -0.4 is 10.6 Å². The summed E-state index contributed by atoms with van der Waals surface area (Å²) in [6.45, 7) is 10.3. The van der Waals surface area contributed by atoms with Gasteiger partial charge in [0.15, 0.2) is 0 Å². The Labute approximate surface area is 251 Å². The van der Waals surface area contributed by atoms with Gasteiger partial charge >= 0.3 is 0 Å². The van der Waals surface area contributed by atoms with Gasteiger partial charge in [-0.1, -0.05) is 45.0 Å². The van der Waals surface area contributed by atoms with Crippen LogP contribution >= 0.6 is 11.3 Å². The molecule has 2 aliphatic heterocycles. The maximum atomic E-state index is 13.9.